The summed E-state index contributed by atoms with van der Waals surface area (Å²) in [6.45, 7) is -0.665. The fourth-order valence-corrected chi connectivity index (χ4v) is 5.19. The molecule has 0 atom stereocenters. The third-order valence-electron chi connectivity index (χ3n) is 6.91. The quantitative estimate of drug-likeness (QED) is 0.375. The number of alkyl halides is 5. The number of aromatic nitrogens is 3. The summed E-state index contributed by atoms with van der Waals surface area (Å²) in [5.41, 5.74) is 4.71. The number of hydrogen-bond acceptors (Lipinski definition) is 5. The van der Waals surface area contributed by atoms with Crippen LogP contribution in [0.15, 0.2) is 42.7 Å². The van der Waals surface area contributed by atoms with Crippen molar-refractivity contribution in [2.45, 2.75) is 49.9 Å². The van der Waals surface area contributed by atoms with Crippen molar-refractivity contribution < 1.29 is 36.6 Å². The van der Waals surface area contributed by atoms with Gasteiger partial charge >= 0.3 is 6.18 Å². The maximum Gasteiger partial charge on any atom is 0.416 e. The van der Waals surface area contributed by atoms with E-state index < -0.39 is 41.8 Å². The summed E-state index contributed by atoms with van der Waals surface area (Å²) >= 11 is 0. The molecule has 0 saturated heterocycles. The van der Waals surface area contributed by atoms with Crippen LogP contribution in [-0.2, 0) is 42.9 Å². The predicted molar refractivity (Wildman–Crippen MR) is 126 cm³/mol. The molecule has 1 fully saturated rings. The smallest absolute Gasteiger partial charge is 0.416 e. The molecule has 1 amide bonds. The molecule has 8 nitrogen and oxygen atoms in total. The topological polar surface area (TPSA) is 114 Å². The van der Waals surface area contributed by atoms with Gasteiger partial charge in [-0.1, -0.05) is 12.1 Å². The second-order valence-electron chi connectivity index (χ2n) is 9.44. The first-order valence-corrected chi connectivity index (χ1v) is 11.5. The minimum absolute atomic E-state index is 0.0466. The van der Waals surface area contributed by atoms with Crippen LogP contribution in [0.25, 0.3) is 0 Å². The molecule has 1 aromatic heterocycles. The van der Waals surface area contributed by atoms with E-state index in [9.17, 15) is 26.7 Å². The van der Waals surface area contributed by atoms with Crippen LogP contribution in [0.5, 0.6) is 0 Å². The molecule has 0 radical (unpaired) electrons. The van der Waals surface area contributed by atoms with E-state index in [1.54, 1.807) is 35.9 Å². The normalized spacial score (nSPS) is 17.3. The van der Waals surface area contributed by atoms with Crippen molar-refractivity contribution in [2.75, 3.05) is 4.90 Å². The maximum absolute atomic E-state index is 14.1. The highest BCUT2D eigenvalue weighted by Gasteiger charge is 2.57. The van der Waals surface area contributed by atoms with Crippen LogP contribution in [-0.4, -0.2) is 38.2 Å². The monoisotopic (exact) mass is 537 g/mol. The molecule has 0 bridgehead atoms. The molecule has 1 aliphatic carbocycles. The first-order chi connectivity index (χ1) is 17.8. The zero-order valence-electron chi connectivity index (χ0n) is 20.2. The average Bonchev–Trinajstić information content (AvgIpc) is 3.39. The highest BCUT2D eigenvalue weighted by atomic mass is 19.4. The second kappa shape index (κ2) is 9.78. The summed E-state index contributed by atoms with van der Waals surface area (Å²) in [6.07, 6.45) is -3.74. The Morgan fingerprint density at radius 2 is 1.87 bits per heavy atom. The first-order valence-electron chi connectivity index (χ1n) is 11.5. The number of carbonyl (C=O) groups is 2. The Labute approximate surface area is 213 Å². The number of halogens is 5. The third-order valence-corrected chi connectivity index (χ3v) is 6.91. The van der Waals surface area contributed by atoms with Crippen molar-refractivity contribution in [1.29, 1.82) is 0 Å². The van der Waals surface area contributed by atoms with Crippen molar-refractivity contribution in [3.63, 3.8) is 0 Å². The van der Waals surface area contributed by atoms with E-state index in [0.717, 1.165) is 6.07 Å². The molecular weight excluding hydrogens is 513 g/mol. The summed E-state index contributed by atoms with van der Waals surface area (Å²) < 4.78 is 71.0. The van der Waals surface area contributed by atoms with Gasteiger partial charge in [-0.05, 0) is 41.0 Å². The predicted octanol–water partition coefficient (Wildman–Crippen LogP) is 4.06. The molecule has 2 heterocycles. The number of hydrogen-bond donors (Lipinski definition) is 2. The number of anilines is 1. The van der Waals surface area contributed by atoms with Gasteiger partial charge in [-0.3, -0.25) is 9.59 Å². The van der Waals surface area contributed by atoms with E-state index in [0.29, 0.717) is 17.1 Å². The molecule has 38 heavy (non-hydrogen) atoms. The van der Waals surface area contributed by atoms with Crippen LogP contribution in [0.4, 0.5) is 27.6 Å². The van der Waals surface area contributed by atoms with Gasteiger partial charge in [-0.2, -0.15) is 13.2 Å². The summed E-state index contributed by atoms with van der Waals surface area (Å²) in [5.74, 6) is -2.88. The van der Waals surface area contributed by atoms with Crippen molar-refractivity contribution in [2.24, 2.45) is 12.8 Å². The van der Waals surface area contributed by atoms with Crippen molar-refractivity contribution in [3.8, 4) is 0 Å². The van der Waals surface area contributed by atoms with Crippen molar-refractivity contribution >= 4 is 18.1 Å². The van der Waals surface area contributed by atoms with Crippen LogP contribution in [0.1, 0.15) is 51.3 Å². The highest BCUT2D eigenvalue weighted by Crippen LogP contribution is 2.55. The number of nitrogens with zero attached hydrogens (tertiary/aromatic N) is 4. The fraction of sp³-hybridized carbons (Fsp3) is 0.360. The summed E-state index contributed by atoms with van der Waals surface area (Å²) in [7, 11) is 1.73. The van der Waals surface area contributed by atoms with Gasteiger partial charge in [0.05, 0.1) is 12.1 Å². The van der Waals surface area contributed by atoms with Gasteiger partial charge in [-0.15, -0.1) is 10.2 Å². The van der Waals surface area contributed by atoms with Crippen LogP contribution in [0.2, 0.25) is 0 Å². The minimum atomic E-state index is -4.65. The van der Waals surface area contributed by atoms with Gasteiger partial charge in [0, 0.05) is 49.5 Å². The molecule has 1 saturated carbocycles. The van der Waals surface area contributed by atoms with E-state index in [4.69, 9.17) is 15.6 Å². The molecule has 2 aromatic carbocycles. The number of carboxylic acid groups (broad SMARTS) is 1. The summed E-state index contributed by atoms with van der Waals surface area (Å²) in [4.78, 5) is 22.8. The lowest BCUT2D eigenvalue weighted by atomic mass is 9.60. The summed E-state index contributed by atoms with van der Waals surface area (Å²) in [5, 5.41) is 14.7. The molecule has 5 rings (SSSR count). The lowest BCUT2D eigenvalue weighted by Gasteiger charge is -2.48. The first kappa shape index (κ1) is 27.2. The van der Waals surface area contributed by atoms with Crippen LogP contribution < -0.4 is 10.6 Å². The summed E-state index contributed by atoms with van der Waals surface area (Å²) in [6, 6.07) is 8.91. The average molecular weight is 537 g/mol. The molecule has 3 N–H and O–H groups in total. The minimum Gasteiger partial charge on any atom is -0.483 e. The van der Waals surface area contributed by atoms with Crippen molar-refractivity contribution in [3.05, 3.63) is 76.4 Å². The van der Waals surface area contributed by atoms with Gasteiger partial charge in [0.2, 0.25) is 5.92 Å². The van der Waals surface area contributed by atoms with Gasteiger partial charge in [0.25, 0.3) is 12.4 Å². The number of benzene rings is 2. The van der Waals surface area contributed by atoms with Crippen LogP contribution in [0, 0.1) is 0 Å². The lowest BCUT2D eigenvalue weighted by Crippen LogP contribution is -2.51. The van der Waals surface area contributed by atoms with E-state index in [-0.39, 0.29) is 42.7 Å². The van der Waals surface area contributed by atoms with Gasteiger partial charge < -0.3 is 20.3 Å². The maximum atomic E-state index is 14.1. The van der Waals surface area contributed by atoms with Gasteiger partial charge in [-0.25, -0.2) is 8.78 Å². The largest absolute Gasteiger partial charge is 0.483 e. The number of aryl methyl sites for hydroxylation is 1. The van der Waals surface area contributed by atoms with E-state index in [2.05, 4.69) is 10.2 Å². The Bertz CT molecular complexity index is 1360. The zero-order valence-corrected chi connectivity index (χ0v) is 20.2. The SMILES string of the molecule is Cn1cnnc1CC1(c2cccc(N3Cc4c(cc(CN)cc4C(F)(F)F)C3=O)c2)CC(F)(F)C1.O=CO. The van der Waals surface area contributed by atoms with E-state index in [1.807, 2.05) is 0 Å². The molecule has 0 unspecified atom stereocenters. The Morgan fingerprint density at radius 1 is 1.18 bits per heavy atom. The molecule has 2 aliphatic rings. The van der Waals surface area contributed by atoms with Crippen LogP contribution in [0.3, 0.4) is 0 Å². The molecule has 0 spiro atoms. The molecule has 13 heteroatoms. The van der Waals surface area contributed by atoms with Gasteiger partial charge in [0.15, 0.2) is 0 Å². The molecular formula is C25H24F5N5O3. The Kier molecular flexibility index (Phi) is 6.99. The Balaban J connectivity index is 0.00000107. The number of fused-ring (bicyclic) bond motifs is 1. The Morgan fingerprint density at radius 3 is 2.42 bits per heavy atom. The Hall–Kier alpha value is -3.87. The molecule has 3 aromatic rings. The van der Waals surface area contributed by atoms with E-state index in [1.165, 1.54) is 17.3 Å². The van der Waals surface area contributed by atoms with Crippen molar-refractivity contribution in [1.82, 2.24) is 14.8 Å². The highest BCUT2D eigenvalue weighted by molar-refractivity contribution is 6.10. The number of carbonyl (C=O) groups excluding carboxylic acids is 1. The lowest BCUT2D eigenvalue weighted by molar-refractivity contribution is -0.138. The fourth-order valence-electron chi connectivity index (χ4n) is 5.19. The number of amides is 1. The second-order valence-corrected chi connectivity index (χ2v) is 9.44. The zero-order chi connectivity index (χ0) is 27.9. The third kappa shape index (κ3) is 4.97. The van der Waals surface area contributed by atoms with Gasteiger partial charge in [0.1, 0.15) is 12.2 Å². The number of nitrogens with two attached hydrogens (primary N) is 1. The number of rotatable bonds is 5. The molecule has 202 valence electrons. The molecule has 1 aliphatic heterocycles. The van der Waals surface area contributed by atoms with Crippen LogP contribution >= 0.6 is 0 Å². The van der Waals surface area contributed by atoms with E-state index >= 15 is 0 Å². The standard InChI is InChI=1S/C24H22F5N5O.CH2O2/c1-33-13-31-32-20(33)8-22(11-23(25,26)12-22)15-3-2-4-16(7-15)34-10-18-17(21(34)35)5-14(9-30)6-19(18)24(27,28)29;2-1-3/h2-7,13H,8-12,30H2,1H3;1H,(H,2,3).